The number of rotatable bonds is 6. The second-order valence-corrected chi connectivity index (χ2v) is 5.21. The van der Waals surface area contributed by atoms with Crippen molar-refractivity contribution in [1.29, 1.82) is 0 Å². The standard InChI is InChI=1S/C17H18ClNO2/c1-13-9-10-14(18)12-16(13)19-17(20)8-5-11-21-15-6-3-2-4-7-15/h2-4,6-7,9-10,12H,5,8,11H2,1H3,(H,19,20). The van der Waals surface area contributed by atoms with Crippen LogP contribution in [0.25, 0.3) is 0 Å². The van der Waals surface area contributed by atoms with Gasteiger partial charge in [0.1, 0.15) is 5.75 Å². The summed E-state index contributed by atoms with van der Waals surface area (Å²) < 4.78 is 5.55. The lowest BCUT2D eigenvalue weighted by Gasteiger charge is -2.09. The molecule has 0 aliphatic carbocycles. The van der Waals surface area contributed by atoms with Gasteiger partial charge < -0.3 is 10.1 Å². The molecule has 2 rings (SSSR count). The van der Waals surface area contributed by atoms with Gasteiger partial charge in [0.2, 0.25) is 5.91 Å². The number of para-hydroxylation sites is 1. The van der Waals surface area contributed by atoms with Crippen LogP contribution in [-0.2, 0) is 4.79 Å². The molecule has 0 aliphatic heterocycles. The van der Waals surface area contributed by atoms with E-state index < -0.39 is 0 Å². The minimum Gasteiger partial charge on any atom is -0.494 e. The first-order valence-corrected chi connectivity index (χ1v) is 7.27. The molecule has 1 N–H and O–H groups in total. The fraction of sp³-hybridized carbons (Fsp3) is 0.235. The second-order valence-electron chi connectivity index (χ2n) is 4.77. The molecule has 21 heavy (non-hydrogen) atoms. The zero-order valence-corrected chi connectivity index (χ0v) is 12.7. The van der Waals surface area contributed by atoms with E-state index in [0.717, 1.165) is 17.0 Å². The molecule has 2 aromatic carbocycles. The molecule has 3 nitrogen and oxygen atoms in total. The zero-order chi connectivity index (χ0) is 15.1. The Labute approximate surface area is 129 Å². The fourth-order valence-corrected chi connectivity index (χ4v) is 2.05. The van der Waals surface area contributed by atoms with E-state index in [1.807, 2.05) is 43.3 Å². The summed E-state index contributed by atoms with van der Waals surface area (Å²) in [6.45, 7) is 2.45. The van der Waals surface area contributed by atoms with Gasteiger partial charge in [-0.3, -0.25) is 4.79 Å². The number of amides is 1. The summed E-state index contributed by atoms with van der Waals surface area (Å²) in [6, 6.07) is 15.0. The summed E-state index contributed by atoms with van der Waals surface area (Å²) in [5.74, 6) is 0.792. The van der Waals surface area contributed by atoms with E-state index in [-0.39, 0.29) is 5.91 Å². The molecule has 0 spiro atoms. The van der Waals surface area contributed by atoms with Crippen molar-refractivity contribution in [2.24, 2.45) is 0 Å². The molecule has 0 bridgehead atoms. The van der Waals surface area contributed by atoms with Gasteiger partial charge in [-0.05, 0) is 43.2 Å². The number of halogens is 1. The number of nitrogens with one attached hydrogen (secondary N) is 1. The maximum Gasteiger partial charge on any atom is 0.224 e. The molecule has 0 unspecified atom stereocenters. The molecule has 0 atom stereocenters. The van der Waals surface area contributed by atoms with Gasteiger partial charge in [-0.25, -0.2) is 0 Å². The van der Waals surface area contributed by atoms with Crippen LogP contribution in [0.15, 0.2) is 48.5 Å². The van der Waals surface area contributed by atoms with Crippen LogP contribution >= 0.6 is 11.6 Å². The van der Waals surface area contributed by atoms with Crippen molar-refractivity contribution in [3.63, 3.8) is 0 Å². The minimum atomic E-state index is -0.0305. The second kappa shape index (κ2) is 7.70. The predicted octanol–water partition coefficient (Wildman–Crippen LogP) is 4.45. The lowest BCUT2D eigenvalue weighted by molar-refractivity contribution is -0.116. The van der Waals surface area contributed by atoms with Crippen LogP contribution in [-0.4, -0.2) is 12.5 Å². The fourth-order valence-electron chi connectivity index (χ4n) is 1.88. The highest BCUT2D eigenvalue weighted by molar-refractivity contribution is 6.31. The Balaban J connectivity index is 1.74. The quantitative estimate of drug-likeness (QED) is 0.801. The average molecular weight is 304 g/mol. The highest BCUT2D eigenvalue weighted by Gasteiger charge is 2.05. The van der Waals surface area contributed by atoms with Gasteiger partial charge in [0.15, 0.2) is 0 Å². The maximum absolute atomic E-state index is 11.9. The normalized spacial score (nSPS) is 10.2. The molecule has 2 aromatic rings. The highest BCUT2D eigenvalue weighted by atomic mass is 35.5. The van der Waals surface area contributed by atoms with Crippen LogP contribution < -0.4 is 10.1 Å². The van der Waals surface area contributed by atoms with Gasteiger partial charge >= 0.3 is 0 Å². The molecule has 1 amide bonds. The van der Waals surface area contributed by atoms with E-state index in [1.165, 1.54) is 0 Å². The molecular weight excluding hydrogens is 286 g/mol. The van der Waals surface area contributed by atoms with E-state index in [4.69, 9.17) is 16.3 Å². The lowest BCUT2D eigenvalue weighted by Crippen LogP contribution is -2.13. The number of carbonyl (C=O) groups is 1. The first kappa shape index (κ1) is 15.4. The molecule has 0 fully saturated rings. The van der Waals surface area contributed by atoms with Crippen molar-refractivity contribution in [1.82, 2.24) is 0 Å². The number of anilines is 1. The first-order valence-electron chi connectivity index (χ1n) is 6.89. The van der Waals surface area contributed by atoms with E-state index in [9.17, 15) is 4.79 Å². The first-order chi connectivity index (χ1) is 10.1. The van der Waals surface area contributed by atoms with Crippen LogP contribution in [0, 0.1) is 6.92 Å². The highest BCUT2D eigenvalue weighted by Crippen LogP contribution is 2.20. The Bertz CT molecular complexity index is 599. The number of benzene rings is 2. The van der Waals surface area contributed by atoms with Gasteiger partial charge in [-0.15, -0.1) is 0 Å². The van der Waals surface area contributed by atoms with Crippen LogP contribution in [0.2, 0.25) is 5.02 Å². The van der Waals surface area contributed by atoms with Crippen LogP contribution in [0.4, 0.5) is 5.69 Å². The van der Waals surface area contributed by atoms with Crippen molar-refractivity contribution < 1.29 is 9.53 Å². The molecular formula is C17H18ClNO2. The predicted molar refractivity (Wildman–Crippen MR) is 86.0 cm³/mol. The molecule has 110 valence electrons. The third kappa shape index (κ3) is 5.12. The summed E-state index contributed by atoms with van der Waals surface area (Å²) in [5.41, 5.74) is 1.75. The smallest absolute Gasteiger partial charge is 0.224 e. The van der Waals surface area contributed by atoms with E-state index in [0.29, 0.717) is 24.5 Å². The lowest BCUT2D eigenvalue weighted by atomic mass is 10.2. The van der Waals surface area contributed by atoms with E-state index >= 15 is 0 Å². The van der Waals surface area contributed by atoms with Gasteiger partial charge in [-0.2, -0.15) is 0 Å². The third-order valence-electron chi connectivity index (χ3n) is 3.03. The summed E-state index contributed by atoms with van der Waals surface area (Å²) in [5, 5.41) is 3.48. The van der Waals surface area contributed by atoms with Crippen molar-refractivity contribution in [2.75, 3.05) is 11.9 Å². The average Bonchev–Trinajstić information content (AvgIpc) is 2.48. The molecule has 0 saturated heterocycles. The number of carbonyl (C=O) groups excluding carboxylic acids is 1. The maximum atomic E-state index is 11.9. The summed E-state index contributed by atoms with van der Waals surface area (Å²) >= 11 is 5.92. The molecule has 0 heterocycles. The molecule has 0 aliphatic rings. The number of hydrogen-bond donors (Lipinski definition) is 1. The summed E-state index contributed by atoms with van der Waals surface area (Å²) in [7, 11) is 0. The van der Waals surface area contributed by atoms with Gasteiger partial charge in [0, 0.05) is 17.1 Å². The minimum absolute atomic E-state index is 0.0305. The Hall–Kier alpha value is -2.00. The molecule has 0 saturated carbocycles. The number of aryl methyl sites for hydroxylation is 1. The van der Waals surface area contributed by atoms with Crippen LogP contribution in [0.3, 0.4) is 0 Å². The van der Waals surface area contributed by atoms with Crippen molar-refractivity contribution >= 4 is 23.2 Å². The van der Waals surface area contributed by atoms with Crippen molar-refractivity contribution in [2.45, 2.75) is 19.8 Å². The van der Waals surface area contributed by atoms with Crippen molar-refractivity contribution in [3.8, 4) is 5.75 Å². The third-order valence-corrected chi connectivity index (χ3v) is 3.27. The Morgan fingerprint density at radius 2 is 1.95 bits per heavy atom. The Morgan fingerprint density at radius 3 is 2.71 bits per heavy atom. The van der Waals surface area contributed by atoms with Crippen LogP contribution in [0.1, 0.15) is 18.4 Å². The SMILES string of the molecule is Cc1ccc(Cl)cc1NC(=O)CCCOc1ccccc1. The Morgan fingerprint density at radius 1 is 1.19 bits per heavy atom. The summed E-state index contributed by atoms with van der Waals surface area (Å²) in [4.78, 5) is 11.9. The molecule has 0 aromatic heterocycles. The Kier molecular flexibility index (Phi) is 5.64. The monoisotopic (exact) mass is 303 g/mol. The summed E-state index contributed by atoms with van der Waals surface area (Å²) in [6.07, 6.45) is 1.08. The van der Waals surface area contributed by atoms with Gasteiger partial charge in [-0.1, -0.05) is 35.9 Å². The van der Waals surface area contributed by atoms with E-state index in [1.54, 1.807) is 12.1 Å². The molecule has 4 heteroatoms. The van der Waals surface area contributed by atoms with E-state index in [2.05, 4.69) is 5.32 Å². The largest absolute Gasteiger partial charge is 0.494 e. The van der Waals surface area contributed by atoms with Gasteiger partial charge in [0.05, 0.1) is 6.61 Å². The van der Waals surface area contributed by atoms with Crippen LogP contribution in [0.5, 0.6) is 5.75 Å². The number of ether oxygens (including phenoxy) is 1. The molecule has 0 radical (unpaired) electrons. The zero-order valence-electron chi connectivity index (χ0n) is 11.9. The topological polar surface area (TPSA) is 38.3 Å². The van der Waals surface area contributed by atoms with Crippen molar-refractivity contribution in [3.05, 3.63) is 59.1 Å². The number of hydrogen-bond acceptors (Lipinski definition) is 2. The van der Waals surface area contributed by atoms with Gasteiger partial charge in [0.25, 0.3) is 0 Å².